The molecule has 2 aromatic carbocycles. The number of morpholine rings is 1. The molecule has 43 heavy (non-hydrogen) atoms. The van der Waals surface area contributed by atoms with Gasteiger partial charge in [-0.25, -0.2) is 8.78 Å². The predicted molar refractivity (Wildman–Crippen MR) is 168 cm³/mol. The zero-order chi connectivity index (χ0) is 31.8. The van der Waals surface area contributed by atoms with E-state index in [0.29, 0.717) is 56.2 Å². The molecular formula is C34H46BrF2NO5. The fourth-order valence-electron chi connectivity index (χ4n) is 4.96. The smallest absolute Gasteiger partial charge is 0.223 e. The molecular weight excluding hydrogens is 620 g/mol. The zero-order valence-corrected chi connectivity index (χ0v) is 27.9. The van der Waals surface area contributed by atoms with Gasteiger partial charge in [0.1, 0.15) is 28.9 Å². The summed E-state index contributed by atoms with van der Waals surface area (Å²) in [5, 5.41) is 0. The largest absolute Gasteiger partial charge is 0.496 e. The van der Waals surface area contributed by atoms with Crippen LogP contribution in [0.3, 0.4) is 0 Å². The number of carbonyl (C=O) groups excluding carboxylic acids is 2. The summed E-state index contributed by atoms with van der Waals surface area (Å²) in [5.41, 5.74) is 0.585. The molecule has 5 rings (SSSR count). The molecule has 6 nitrogen and oxygen atoms in total. The number of rotatable bonds is 9. The number of methoxy groups -OCH3 is 2. The number of hydrogen-bond acceptors (Lipinski definition) is 5. The lowest BCUT2D eigenvalue weighted by molar-refractivity contribution is -0.136. The SMILES string of the molecule is BrC1CC1.COc1ccc(F)cc1C(C)(C)CC(=O)C1CC1.COc1ccc(F)cc1C(C)(C)CC(=O)N1CCOCC1. The molecule has 3 aliphatic rings. The van der Waals surface area contributed by atoms with Crippen LogP contribution in [-0.2, 0) is 25.2 Å². The lowest BCUT2D eigenvalue weighted by Crippen LogP contribution is -2.42. The Kier molecular flexibility index (Phi) is 12.6. The second-order valence-corrected chi connectivity index (χ2v) is 14.0. The Bertz CT molecular complexity index is 1240. The van der Waals surface area contributed by atoms with Gasteiger partial charge in [0.2, 0.25) is 5.91 Å². The molecule has 0 N–H and O–H groups in total. The Morgan fingerprint density at radius 3 is 1.67 bits per heavy atom. The van der Waals surface area contributed by atoms with Crippen LogP contribution in [0.1, 0.15) is 77.3 Å². The number of Topliss-reactive ketones (excluding diaryl/α,β-unsaturated/α-hetero) is 1. The summed E-state index contributed by atoms with van der Waals surface area (Å²) >= 11 is 3.38. The second kappa shape index (κ2) is 15.5. The van der Waals surface area contributed by atoms with Crippen LogP contribution in [0.5, 0.6) is 11.5 Å². The molecule has 3 fully saturated rings. The second-order valence-electron chi connectivity index (χ2n) is 12.7. The Hall–Kier alpha value is -2.52. The molecule has 0 aromatic heterocycles. The van der Waals surface area contributed by atoms with Gasteiger partial charge in [0.05, 0.1) is 27.4 Å². The molecule has 2 saturated carbocycles. The maximum Gasteiger partial charge on any atom is 0.223 e. The van der Waals surface area contributed by atoms with Crippen LogP contribution in [0.25, 0.3) is 0 Å². The molecule has 1 saturated heterocycles. The van der Waals surface area contributed by atoms with Crippen LogP contribution in [0.15, 0.2) is 36.4 Å². The van der Waals surface area contributed by atoms with Gasteiger partial charge < -0.3 is 19.1 Å². The van der Waals surface area contributed by atoms with Crippen LogP contribution < -0.4 is 9.47 Å². The zero-order valence-electron chi connectivity index (χ0n) is 26.3. The van der Waals surface area contributed by atoms with Gasteiger partial charge in [-0.3, -0.25) is 9.59 Å². The van der Waals surface area contributed by atoms with Gasteiger partial charge in [0, 0.05) is 58.6 Å². The fraction of sp³-hybridized carbons (Fsp3) is 0.588. The third-order valence-corrected chi connectivity index (χ3v) is 8.81. The molecule has 238 valence electrons. The lowest BCUT2D eigenvalue weighted by atomic mass is 9.79. The van der Waals surface area contributed by atoms with Crippen molar-refractivity contribution in [3.63, 3.8) is 0 Å². The summed E-state index contributed by atoms with van der Waals surface area (Å²) in [4.78, 5) is 27.1. The van der Waals surface area contributed by atoms with Gasteiger partial charge in [-0.2, -0.15) is 0 Å². The fourth-order valence-corrected chi connectivity index (χ4v) is 5.22. The Balaban J connectivity index is 0.000000210. The molecule has 0 atom stereocenters. The molecule has 0 bridgehead atoms. The van der Waals surface area contributed by atoms with Gasteiger partial charge in [-0.15, -0.1) is 0 Å². The first kappa shape index (κ1) is 35.0. The molecule has 1 heterocycles. The quantitative estimate of drug-likeness (QED) is 0.262. The standard InChI is InChI=1S/C16H22FNO3.C15H19FO2.C3H5Br/c1-16(2,11-15(19)18-6-8-21-9-7-18)13-10-12(17)4-5-14(13)20-3;1-15(2,9-13(17)10-4-5-10)12-8-11(16)6-7-14(12)18-3;4-3-1-2-3/h4-5,10H,6-9,11H2,1-3H3;6-8,10H,4-5,9H2,1-3H3;3H,1-2H2. The van der Waals surface area contributed by atoms with Gasteiger partial charge in [-0.1, -0.05) is 43.6 Å². The normalized spacial score (nSPS) is 16.7. The minimum atomic E-state index is -0.497. The molecule has 9 heteroatoms. The summed E-state index contributed by atoms with van der Waals surface area (Å²) in [6.07, 6.45) is 5.58. The Morgan fingerprint density at radius 2 is 1.28 bits per heavy atom. The molecule has 1 aliphatic heterocycles. The topological polar surface area (TPSA) is 65.1 Å². The van der Waals surface area contributed by atoms with Crippen molar-refractivity contribution in [1.82, 2.24) is 4.90 Å². The van der Waals surface area contributed by atoms with Crippen molar-refractivity contribution in [2.45, 2.75) is 81.9 Å². The highest BCUT2D eigenvalue weighted by Crippen LogP contribution is 2.39. The van der Waals surface area contributed by atoms with Gasteiger partial charge in [0.15, 0.2) is 0 Å². The number of carbonyl (C=O) groups is 2. The number of ketones is 1. The first-order valence-corrected chi connectivity index (χ1v) is 15.9. The number of alkyl halides is 1. The molecule has 0 radical (unpaired) electrons. The van der Waals surface area contributed by atoms with E-state index in [-0.39, 0.29) is 29.2 Å². The van der Waals surface area contributed by atoms with Crippen LogP contribution in [0.2, 0.25) is 0 Å². The average molecular weight is 667 g/mol. The number of benzene rings is 2. The van der Waals surface area contributed by atoms with Gasteiger partial charge in [0.25, 0.3) is 0 Å². The maximum atomic E-state index is 13.5. The Morgan fingerprint density at radius 1 is 0.837 bits per heavy atom. The molecule has 0 unspecified atom stereocenters. The molecule has 2 aromatic rings. The summed E-state index contributed by atoms with van der Waals surface area (Å²) in [6.45, 7) is 10.2. The predicted octanol–water partition coefficient (Wildman–Crippen LogP) is 7.39. The monoisotopic (exact) mass is 665 g/mol. The molecule has 2 aliphatic carbocycles. The van der Waals surface area contributed by atoms with E-state index in [9.17, 15) is 18.4 Å². The van der Waals surface area contributed by atoms with E-state index in [1.165, 1.54) is 37.1 Å². The van der Waals surface area contributed by atoms with Crippen molar-refractivity contribution in [3.8, 4) is 11.5 Å². The Labute approximate surface area is 263 Å². The molecule has 0 spiro atoms. The highest BCUT2D eigenvalue weighted by molar-refractivity contribution is 9.09. The maximum absolute atomic E-state index is 13.5. The van der Waals surface area contributed by atoms with Crippen LogP contribution in [0, 0.1) is 17.6 Å². The van der Waals surface area contributed by atoms with Crippen molar-refractivity contribution < 1.29 is 32.6 Å². The number of ether oxygens (including phenoxy) is 3. The van der Waals surface area contributed by atoms with Crippen LogP contribution in [-0.4, -0.2) is 61.9 Å². The van der Waals surface area contributed by atoms with E-state index < -0.39 is 10.8 Å². The first-order chi connectivity index (χ1) is 20.3. The van der Waals surface area contributed by atoms with Crippen molar-refractivity contribution in [2.24, 2.45) is 5.92 Å². The number of nitrogens with zero attached hydrogens (tertiary/aromatic N) is 1. The minimum absolute atomic E-state index is 0.0645. The van der Waals surface area contributed by atoms with E-state index in [4.69, 9.17) is 14.2 Å². The van der Waals surface area contributed by atoms with Crippen molar-refractivity contribution in [2.75, 3.05) is 40.5 Å². The third-order valence-electron chi connectivity index (χ3n) is 7.89. The van der Waals surface area contributed by atoms with Crippen LogP contribution in [0.4, 0.5) is 8.78 Å². The van der Waals surface area contributed by atoms with Crippen molar-refractivity contribution >= 4 is 27.6 Å². The van der Waals surface area contributed by atoms with E-state index in [2.05, 4.69) is 15.9 Å². The van der Waals surface area contributed by atoms with Crippen molar-refractivity contribution in [1.29, 1.82) is 0 Å². The lowest BCUT2D eigenvalue weighted by Gasteiger charge is -2.32. The highest BCUT2D eigenvalue weighted by Gasteiger charge is 2.35. The van der Waals surface area contributed by atoms with Gasteiger partial charge in [-0.05, 0) is 62.1 Å². The summed E-state index contributed by atoms with van der Waals surface area (Å²) in [6, 6.07) is 8.88. The van der Waals surface area contributed by atoms with Crippen molar-refractivity contribution in [3.05, 3.63) is 59.2 Å². The number of hydrogen-bond donors (Lipinski definition) is 0. The van der Waals surface area contributed by atoms with Gasteiger partial charge >= 0.3 is 0 Å². The average Bonchev–Trinajstić information content (AvgIpc) is 3.91. The summed E-state index contributed by atoms with van der Waals surface area (Å²) in [7, 11) is 3.12. The number of amides is 1. The van der Waals surface area contributed by atoms with E-state index in [0.717, 1.165) is 23.2 Å². The molecule has 1 amide bonds. The van der Waals surface area contributed by atoms with Crippen LogP contribution >= 0.6 is 15.9 Å². The first-order valence-electron chi connectivity index (χ1n) is 15.0. The minimum Gasteiger partial charge on any atom is -0.496 e. The summed E-state index contributed by atoms with van der Waals surface area (Å²) in [5.74, 6) is 1.22. The van der Waals surface area contributed by atoms with E-state index >= 15 is 0 Å². The highest BCUT2D eigenvalue weighted by atomic mass is 79.9. The third kappa shape index (κ3) is 10.9. The number of halogens is 3. The summed E-state index contributed by atoms with van der Waals surface area (Å²) < 4.78 is 42.7. The van der Waals surface area contributed by atoms with E-state index in [1.54, 1.807) is 31.3 Å². The van der Waals surface area contributed by atoms with E-state index in [1.807, 2.05) is 27.7 Å².